The molecule has 17 heavy (non-hydrogen) atoms. The van der Waals surface area contributed by atoms with Gasteiger partial charge in [0.15, 0.2) is 5.89 Å². The number of piperidine rings is 1. The third kappa shape index (κ3) is 3.30. The van der Waals surface area contributed by atoms with E-state index >= 15 is 0 Å². The summed E-state index contributed by atoms with van der Waals surface area (Å²) in [5, 5.41) is 0. The van der Waals surface area contributed by atoms with Gasteiger partial charge in [-0.3, -0.25) is 0 Å². The van der Waals surface area contributed by atoms with Crippen LogP contribution in [0.2, 0.25) is 0 Å². The lowest BCUT2D eigenvalue weighted by atomic mass is 9.95. The molecule has 1 fully saturated rings. The second kappa shape index (κ2) is 5.65. The number of likely N-dealkylation sites (tertiary alicyclic amines) is 1. The largest absolute Gasteiger partial charge is 0.445 e. The van der Waals surface area contributed by atoms with Crippen molar-refractivity contribution < 1.29 is 4.42 Å². The Balaban J connectivity index is 1.92. The fourth-order valence-electron chi connectivity index (χ4n) is 2.45. The number of oxazole rings is 1. The Bertz CT molecular complexity index is 350. The average molecular weight is 237 g/mol. The highest BCUT2D eigenvalue weighted by atomic mass is 16.4. The van der Waals surface area contributed by atoms with Gasteiger partial charge in [0, 0.05) is 25.4 Å². The van der Waals surface area contributed by atoms with Gasteiger partial charge in [0.25, 0.3) is 0 Å². The Kier molecular flexibility index (Phi) is 4.18. The van der Waals surface area contributed by atoms with Crippen molar-refractivity contribution in [3.8, 4) is 0 Å². The van der Waals surface area contributed by atoms with Crippen molar-refractivity contribution in [2.24, 2.45) is 11.7 Å². The zero-order valence-electron chi connectivity index (χ0n) is 10.9. The molecule has 1 aromatic rings. The highest BCUT2D eigenvalue weighted by molar-refractivity contribution is 5.01. The van der Waals surface area contributed by atoms with E-state index in [-0.39, 0.29) is 5.92 Å². The first kappa shape index (κ1) is 12.6. The van der Waals surface area contributed by atoms with Gasteiger partial charge in [-0.25, -0.2) is 4.98 Å². The highest BCUT2D eigenvalue weighted by Crippen LogP contribution is 2.21. The summed E-state index contributed by atoms with van der Waals surface area (Å²) in [5.74, 6) is 2.76. The summed E-state index contributed by atoms with van der Waals surface area (Å²) in [4.78, 5) is 6.75. The number of nitrogens with zero attached hydrogens (tertiary/aromatic N) is 2. The molecule has 0 aliphatic carbocycles. The summed E-state index contributed by atoms with van der Waals surface area (Å²) >= 11 is 0. The molecule has 2 atom stereocenters. The van der Waals surface area contributed by atoms with Crippen molar-refractivity contribution in [3.63, 3.8) is 0 Å². The Morgan fingerprint density at radius 3 is 3.18 bits per heavy atom. The zero-order valence-corrected chi connectivity index (χ0v) is 10.9. The Labute approximate surface area is 103 Å². The molecule has 1 aromatic heterocycles. The molecule has 2 rings (SSSR count). The maximum Gasteiger partial charge on any atom is 0.194 e. The molecule has 0 amide bonds. The molecule has 0 spiro atoms. The van der Waals surface area contributed by atoms with Gasteiger partial charge >= 0.3 is 0 Å². The minimum absolute atomic E-state index is 0.269. The molecule has 1 saturated heterocycles. The Morgan fingerprint density at radius 1 is 1.65 bits per heavy atom. The molecule has 0 bridgehead atoms. The molecule has 96 valence electrons. The van der Waals surface area contributed by atoms with Crippen LogP contribution in [0, 0.1) is 5.92 Å². The van der Waals surface area contributed by atoms with Crippen LogP contribution in [0.4, 0.5) is 0 Å². The summed E-state index contributed by atoms with van der Waals surface area (Å²) < 4.78 is 5.76. The smallest absolute Gasteiger partial charge is 0.194 e. The van der Waals surface area contributed by atoms with E-state index in [1.807, 2.05) is 6.20 Å². The minimum Gasteiger partial charge on any atom is -0.445 e. The Hall–Kier alpha value is -0.870. The maximum atomic E-state index is 5.76. The number of rotatable bonds is 4. The lowest BCUT2D eigenvalue weighted by molar-refractivity contribution is 0.201. The first-order valence-corrected chi connectivity index (χ1v) is 6.52. The SMILES string of the molecule is CC(CN)c1cnc(CC2CCCN(C)C2)o1. The first-order chi connectivity index (χ1) is 8.19. The summed E-state index contributed by atoms with van der Waals surface area (Å²) in [5.41, 5.74) is 5.62. The van der Waals surface area contributed by atoms with Crippen molar-refractivity contribution >= 4 is 0 Å². The van der Waals surface area contributed by atoms with Crippen molar-refractivity contribution in [2.45, 2.75) is 32.1 Å². The van der Waals surface area contributed by atoms with Gasteiger partial charge in [0.05, 0.1) is 6.20 Å². The fourth-order valence-corrected chi connectivity index (χ4v) is 2.45. The van der Waals surface area contributed by atoms with E-state index in [0.29, 0.717) is 12.5 Å². The fraction of sp³-hybridized carbons (Fsp3) is 0.769. The quantitative estimate of drug-likeness (QED) is 0.864. The van der Waals surface area contributed by atoms with Crippen LogP contribution >= 0.6 is 0 Å². The van der Waals surface area contributed by atoms with Crippen molar-refractivity contribution in [3.05, 3.63) is 17.8 Å². The number of hydrogen-bond donors (Lipinski definition) is 1. The summed E-state index contributed by atoms with van der Waals surface area (Å²) in [7, 11) is 2.18. The summed E-state index contributed by atoms with van der Waals surface area (Å²) in [6.45, 7) is 5.06. The van der Waals surface area contributed by atoms with Crippen LogP contribution in [0.1, 0.15) is 37.3 Å². The van der Waals surface area contributed by atoms with Crippen LogP contribution in [0.5, 0.6) is 0 Å². The molecule has 4 heteroatoms. The van der Waals surface area contributed by atoms with Crippen LogP contribution in [-0.4, -0.2) is 36.6 Å². The van der Waals surface area contributed by atoms with E-state index in [2.05, 4.69) is 23.9 Å². The van der Waals surface area contributed by atoms with Gasteiger partial charge in [-0.15, -0.1) is 0 Å². The van der Waals surface area contributed by atoms with Gasteiger partial charge in [-0.2, -0.15) is 0 Å². The number of hydrogen-bond acceptors (Lipinski definition) is 4. The second-order valence-electron chi connectivity index (χ2n) is 5.27. The third-order valence-electron chi connectivity index (χ3n) is 3.60. The molecule has 1 aliphatic heterocycles. The van der Waals surface area contributed by atoms with Gasteiger partial charge in [0.1, 0.15) is 5.76 Å². The molecule has 0 saturated carbocycles. The average Bonchev–Trinajstić information content (AvgIpc) is 2.76. The van der Waals surface area contributed by atoms with Crippen molar-refractivity contribution in [2.75, 3.05) is 26.7 Å². The number of aromatic nitrogens is 1. The van der Waals surface area contributed by atoms with E-state index in [1.165, 1.54) is 19.4 Å². The van der Waals surface area contributed by atoms with Crippen molar-refractivity contribution in [1.29, 1.82) is 0 Å². The van der Waals surface area contributed by atoms with E-state index < -0.39 is 0 Å². The lowest BCUT2D eigenvalue weighted by Crippen LogP contribution is -2.33. The van der Waals surface area contributed by atoms with Crippen LogP contribution in [0.3, 0.4) is 0 Å². The van der Waals surface area contributed by atoms with Crippen LogP contribution in [0.15, 0.2) is 10.6 Å². The van der Waals surface area contributed by atoms with Gasteiger partial charge in [-0.05, 0) is 32.4 Å². The molecular formula is C13H23N3O. The van der Waals surface area contributed by atoms with Crippen LogP contribution in [0.25, 0.3) is 0 Å². The minimum atomic E-state index is 0.269. The molecule has 2 unspecified atom stereocenters. The molecular weight excluding hydrogens is 214 g/mol. The summed E-state index contributed by atoms with van der Waals surface area (Å²) in [6.07, 6.45) is 5.36. The van der Waals surface area contributed by atoms with E-state index in [1.54, 1.807) is 0 Å². The third-order valence-corrected chi connectivity index (χ3v) is 3.60. The topological polar surface area (TPSA) is 55.3 Å². The van der Waals surface area contributed by atoms with Gasteiger partial charge in [-0.1, -0.05) is 6.92 Å². The first-order valence-electron chi connectivity index (χ1n) is 6.52. The molecule has 1 aliphatic rings. The number of nitrogens with two attached hydrogens (primary N) is 1. The summed E-state index contributed by atoms with van der Waals surface area (Å²) in [6, 6.07) is 0. The predicted molar refractivity (Wildman–Crippen MR) is 67.9 cm³/mol. The van der Waals surface area contributed by atoms with Gasteiger partial charge < -0.3 is 15.1 Å². The normalized spacial score (nSPS) is 23.8. The van der Waals surface area contributed by atoms with Gasteiger partial charge in [0.2, 0.25) is 0 Å². The molecule has 4 nitrogen and oxygen atoms in total. The van der Waals surface area contributed by atoms with Crippen LogP contribution < -0.4 is 5.73 Å². The van der Waals surface area contributed by atoms with E-state index in [0.717, 1.165) is 24.6 Å². The monoisotopic (exact) mass is 237 g/mol. The standard InChI is InChI=1S/C13H23N3O/c1-10(7-14)12-8-15-13(17-12)6-11-4-3-5-16(2)9-11/h8,10-11H,3-7,9,14H2,1-2H3. The highest BCUT2D eigenvalue weighted by Gasteiger charge is 2.20. The predicted octanol–water partition coefficient (Wildman–Crippen LogP) is 1.62. The molecule has 2 heterocycles. The molecule has 0 aromatic carbocycles. The van der Waals surface area contributed by atoms with Crippen molar-refractivity contribution in [1.82, 2.24) is 9.88 Å². The molecule has 2 N–H and O–H groups in total. The molecule has 0 radical (unpaired) electrons. The second-order valence-corrected chi connectivity index (χ2v) is 5.27. The Morgan fingerprint density at radius 2 is 2.47 bits per heavy atom. The van der Waals surface area contributed by atoms with E-state index in [4.69, 9.17) is 10.2 Å². The van der Waals surface area contributed by atoms with E-state index in [9.17, 15) is 0 Å². The lowest BCUT2D eigenvalue weighted by Gasteiger charge is -2.28. The zero-order chi connectivity index (χ0) is 12.3. The maximum absolute atomic E-state index is 5.76. The van der Waals surface area contributed by atoms with Crippen LogP contribution in [-0.2, 0) is 6.42 Å².